The summed E-state index contributed by atoms with van der Waals surface area (Å²) < 4.78 is 5.59. The van der Waals surface area contributed by atoms with Crippen LogP contribution < -0.4 is 10.1 Å². The van der Waals surface area contributed by atoms with E-state index in [4.69, 9.17) is 16.3 Å². The van der Waals surface area contributed by atoms with Gasteiger partial charge in [0.15, 0.2) is 0 Å². The summed E-state index contributed by atoms with van der Waals surface area (Å²) in [6.45, 7) is 4.68. The number of nitro groups is 1. The van der Waals surface area contributed by atoms with E-state index >= 15 is 0 Å². The first-order valence-corrected chi connectivity index (χ1v) is 8.78. The van der Waals surface area contributed by atoms with Crippen LogP contribution in [-0.4, -0.2) is 17.4 Å². The molecule has 0 heterocycles. The molecule has 0 fully saturated rings. The van der Waals surface area contributed by atoms with Crippen molar-refractivity contribution in [3.63, 3.8) is 0 Å². The van der Waals surface area contributed by atoms with E-state index in [-0.39, 0.29) is 22.0 Å². The quantitative estimate of drug-likeness (QED) is 0.310. The van der Waals surface area contributed by atoms with Crippen LogP contribution in [0.15, 0.2) is 48.0 Å². The number of benzene rings is 2. The van der Waals surface area contributed by atoms with Crippen LogP contribution in [0.4, 0.5) is 11.4 Å². The molecule has 0 aromatic heterocycles. The Labute approximate surface area is 167 Å². The molecule has 1 N–H and O–H groups in total. The smallest absolute Gasteiger partial charge is 0.271 e. The lowest BCUT2D eigenvalue weighted by atomic mass is 10.1. The van der Waals surface area contributed by atoms with Gasteiger partial charge in [0.25, 0.3) is 11.6 Å². The van der Waals surface area contributed by atoms with Crippen LogP contribution in [-0.2, 0) is 4.79 Å². The Morgan fingerprint density at radius 3 is 2.57 bits per heavy atom. The Hall–Kier alpha value is -3.37. The van der Waals surface area contributed by atoms with Gasteiger partial charge < -0.3 is 10.1 Å². The lowest BCUT2D eigenvalue weighted by Gasteiger charge is -2.09. The number of carbonyl (C=O) groups excluding carboxylic acids is 1. The lowest BCUT2D eigenvalue weighted by molar-refractivity contribution is -0.384. The molecule has 0 aliphatic carbocycles. The third-order valence-corrected chi connectivity index (χ3v) is 3.88. The van der Waals surface area contributed by atoms with Crippen molar-refractivity contribution in [1.29, 1.82) is 5.26 Å². The molecule has 2 rings (SSSR count). The molecule has 0 aliphatic heterocycles. The van der Waals surface area contributed by atoms with Gasteiger partial charge in [-0.1, -0.05) is 37.6 Å². The third kappa shape index (κ3) is 5.83. The van der Waals surface area contributed by atoms with E-state index in [9.17, 15) is 20.2 Å². The number of amides is 1. The zero-order valence-electron chi connectivity index (χ0n) is 15.3. The van der Waals surface area contributed by atoms with Crippen LogP contribution in [0.5, 0.6) is 5.75 Å². The zero-order valence-corrected chi connectivity index (χ0v) is 16.1. The van der Waals surface area contributed by atoms with E-state index in [0.29, 0.717) is 23.8 Å². The number of ether oxygens (including phenoxy) is 1. The Balaban J connectivity index is 2.16. The second kappa shape index (κ2) is 9.53. The van der Waals surface area contributed by atoms with Crippen molar-refractivity contribution in [2.24, 2.45) is 5.92 Å². The Morgan fingerprint density at radius 1 is 1.32 bits per heavy atom. The summed E-state index contributed by atoms with van der Waals surface area (Å²) in [4.78, 5) is 22.6. The van der Waals surface area contributed by atoms with Gasteiger partial charge in [0.1, 0.15) is 17.4 Å². The SMILES string of the molecule is CC(C)COc1ccc(/C=C(\C#N)C(=O)Nc2cc([N+](=O)[O-])ccc2Cl)cc1. The number of nitro benzene ring substituents is 1. The topological polar surface area (TPSA) is 105 Å². The monoisotopic (exact) mass is 399 g/mol. The van der Waals surface area contributed by atoms with Crippen molar-refractivity contribution < 1.29 is 14.5 Å². The van der Waals surface area contributed by atoms with Crippen LogP contribution >= 0.6 is 11.6 Å². The van der Waals surface area contributed by atoms with E-state index in [2.05, 4.69) is 5.32 Å². The molecule has 2 aromatic rings. The van der Waals surface area contributed by atoms with E-state index in [1.54, 1.807) is 24.3 Å². The maximum atomic E-state index is 12.4. The molecule has 0 atom stereocenters. The first-order valence-electron chi connectivity index (χ1n) is 8.40. The highest BCUT2D eigenvalue weighted by Gasteiger charge is 2.15. The number of rotatable bonds is 7. The Morgan fingerprint density at radius 2 is 2.00 bits per heavy atom. The molecular formula is C20H18ClN3O4. The first-order chi connectivity index (χ1) is 13.3. The van der Waals surface area contributed by atoms with E-state index in [0.717, 1.165) is 6.07 Å². The summed E-state index contributed by atoms with van der Waals surface area (Å²) >= 11 is 5.97. The fourth-order valence-corrected chi connectivity index (χ4v) is 2.32. The predicted octanol–water partition coefficient (Wildman–Crippen LogP) is 4.83. The second-order valence-electron chi connectivity index (χ2n) is 6.32. The fourth-order valence-electron chi connectivity index (χ4n) is 2.15. The number of hydrogen-bond donors (Lipinski definition) is 1. The standard InChI is InChI=1S/C20H18ClN3O4/c1-13(2)12-28-17-6-3-14(4-7-17)9-15(11-22)20(25)23-19-10-16(24(26)27)5-8-18(19)21/h3-10,13H,12H2,1-2H3,(H,23,25)/b15-9+. The van der Waals surface area contributed by atoms with Crippen molar-refractivity contribution in [2.45, 2.75) is 13.8 Å². The van der Waals surface area contributed by atoms with Gasteiger partial charge in [-0.2, -0.15) is 5.26 Å². The number of carbonyl (C=O) groups is 1. The summed E-state index contributed by atoms with van der Waals surface area (Å²) in [5.41, 5.74) is 0.297. The summed E-state index contributed by atoms with van der Waals surface area (Å²) in [7, 11) is 0. The molecule has 1 amide bonds. The number of nitrogens with one attached hydrogen (secondary N) is 1. The summed E-state index contributed by atoms with van der Waals surface area (Å²) in [5, 5.41) is 22.7. The average molecular weight is 400 g/mol. The van der Waals surface area contributed by atoms with E-state index < -0.39 is 10.8 Å². The van der Waals surface area contributed by atoms with Crippen LogP contribution in [0.3, 0.4) is 0 Å². The van der Waals surface area contributed by atoms with Crippen molar-refractivity contribution in [3.05, 3.63) is 68.7 Å². The van der Waals surface area contributed by atoms with Crippen molar-refractivity contribution in [1.82, 2.24) is 0 Å². The minimum Gasteiger partial charge on any atom is -0.493 e. The average Bonchev–Trinajstić information content (AvgIpc) is 2.66. The minimum atomic E-state index is -0.718. The molecule has 144 valence electrons. The highest BCUT2D eigenvalue weighted by molar-refractivity contribution is 6.34. The molecule has 28 heavy (non-hydrogen) atoms. The lowest BCUT2D eigenvalue weighted by Crippen LogP contribution is -2.14. The number of hydrogen-bond acceptors (Lipinski definition) is 5. The number of non-ortho nitro benzene ring substituents is 1. The number of nitrogens with zero attached hydrogens (tertiary/aromatic N) is 2. The van der Waals surface area contributed by atoms with Crippen LogP contribution in [0, 0.1) is 27.4 Å². The fraction of sp³-hybridized carbons (Fsp3) is 0.200. The van der Waals surface area contributed by atoms with Crippen LogP contribution in [0.1, 0.15) is 19.4 Å². The highest BCUT2D eigenvalue weighted by atomic mass is 35.5. The van der Waals surface area contributed by atoms with Crippen molar-refractivity contribution in [3.8, 4) is 11.8 Å². The van der Waals surface area contributed by atoms with Gasteiger partial charge in [-0.05, 0) is 35.8 Å². The van der Waals surface area contributed by atoms with Gasteiger partial charge in [0.05, 0.1) is 22.2 Å². The van der Waals surface area contributed by atoms with Crippen LogP contribution in [0.2, 0.25) is 5.02 Å². The predicted molar refractivity (Wildman–Crippen MR) is 107 cm³/mol. The molecule has 2 aromatic carbocycles. The maximum absolute atomic E-state index is 12.4. The molecule has 0 aliphatic rings. The van der Waals surface area contributed by atoms with Gasteiger partial charge in [-0.15, -0.1) is 0 Å². The zero-order chi connectivity index (χ0) is 20.7. The largest absolute Gasteiger partial charge is 0.493 e. The van der Waals surface area contributed by atoms with Crippen molar-refractivity contribution in [2.75, 3.05) is 11.9 Å². The van der Waals surface area contributed by atoms with Gasteiger partial charge in [-0.3, -0.25) is 14.9 Å². The summed E-state index contributed by atoms with van der Waals surface area (Å²) in [6, 6.07) is 12.4. The third-order valence-electron chi connectivity index (χ3n) is 3.55. The summed E-state index contributed by atoms with van der Waals surface area (Å²) in [5.74, 6) is 0.372. The number of nitriles is 1. The molecule has 0 spiro atoms. The first kappa shape index (κ1) is 20.9. The minimum absolute atomic E-state index is 0.0550. The van der Waals surface area contributed by atoms with Gasteiger partial charge >= 0.3 is 0 Å². The molecule has 0 unspecified atom stereocenters. The molecule has 7 nitrogen and oxygen atoms in total. The van der Waals surface area contributed by atoms with Crippen molar-refractivity contribution >= 4 is 35.0 Å². The van der Waals surface area contributed by atoms with E-state index in [1.165, 1.54) is 18.2 Å². The van der Waals surface area contributed by atoms with Crippen LogP contribution in [0.25, 0.3) is 6.08 Å². The maximum Gasteiger partial charge on any atom is 0.271 e. The normalized spacial score (nSPS) is 11.0. The Bertz CT molecular complexity index is 947. The Kier molecular flexibility index (Phi) is 7.13. The molecule has 0 saturated heterocycles. The summed E-state index contributed by atoms with van der Waals surface area (Å²) in [6.07, 6.45) is 1.41. The van der Waals surface area contributed by atoms with Gasteiger partial charge in [0, 0.05) is 12.1 Å². The van der Waals surface area contributed by atoms with Gasteiger partial charge in [0.2, 0.25) is 0 Å². The van der Waals surface area contributed by atoms with E-state index in [1.807, 2.05) is 19.9 Å². The second-order valence-corrected chi connectivity index (χ2v) is 6.73. The van der Waals surface area contributed by atoms with Gasteiger partial charge in [-0.25, -0.2) is 0 Å². The molecule has 8 heteroatoms. The number of anilines is 1. The molecule has 0 radical (unpaired) electrons. The highest BCUT2D eigenvalue weighted by Crippen LogP contribution is 2.27. The molecular weight excluding hydrogens is 382 g/mol. The number of halogens is 1. The molecule has 0 bridgehead atoms. The molecule has 0 saturated carbocycles.